The van der Waals surface area contributed by atoms with Gasteiger partial charge in [-0.05, 0) is 12.0 Å². The van der Waals surface area contributed by atoms with Crippen molar-refractivity contribution in [2.24, 2.45) is 5.92 Å². The molecule has 2 aromatic carbocycles. The molecule has 2 heterocycles. The Morgan fingerprint density at radius 2 is 1.77 bits per heavy atom. The van der Waals surface area contributed by atoms with E-state index in [-0.39, 0.29) is 23.0 Å². The van der Waals surface area contributed by atoms with Crippen LogP contribution < -0.4 is 5.32 Å². The van der Waals surface area contributed by atoms with Crippen molar-refractivity contribution in [3.8, 4) is 0 Å². The van der Waals surface area contributed by atoms with Crippen LogP contribution in [0.15, 0.2) is 60.0 Å². The minimum atomic E-state index is -1.76. The van der Waals surface area contributed by atoms with Gasteiger partial charge in [0.25, 0.3) is 11.4 Å². The molecule has 0 aromatic heterocycles. The Labute approximate surface area is 176 Å². The lowest BCUT2D eigenvalue weighted by Gasteiger charge is -2.50. The largest absolute Gasteiger partial charge is 0.366 e. The van der Waals surface area contributed by atoms with E-state index >= 15 is 0 Å². The van der Waals surface area contributed by atoms with Crippen LogP contribution in [-0.2, 0) is 5.72 Å². The van der Waals surface area contributed by atoms with E-state index in [9.17, 15) is 30.1 Å². The topological polar surface area (TPSA) is 139 Å². The van der Waals surface area contributed by atoms with Gasteiger partial charge in [-0.25, -0.2) is 0 Å². The number of hydrogen-bond acceptors (Lipinski definition) is 8. The number of aliphatic hydroxyl groups is 1. The zero-order valence-electron chi connectivity index (χ0n) is 16.2. The van der Waals surface area contributed by atoms with Crippen LogP contribution in [0.5, 0.6) is 0 Å². The van der Waals surface area contributed by atoms with Gasteiger partial charge < -0.3 is 15.3 Å². The summed E-state index contributed by atoms with van der Waals surface area (Å²) < 4.78 is 0. The monoisotopic (exact) mass is 422 g/mol. The van der Waals surface area contributed by atoms with E-state index in [0.29, 0.717) is 36.2 Å². The predicted octanol–water partition coefficient (Wildman–Crippen LogP) is 2.09. The number of nitrogens with zero attached hydrogens (tertiary/aromatic N) is 3. The van der Waals surface area contributed by atoms with E-state index in [1.165, 1.54) is 29.2 Å². The fourth-order valence-electron chi connectivity index (χ4n) is 5.11. The molecule has 5 rings (SSSR count). The maximum atomic E-state index is 13.5. The maximum absolute atomic E-state index is 13.5. The zero-order valence-corrected chi connectivity index (χ0v) is 16.2. The van der Waals surface area contributed by atoms with Crippen LogP contribution in [-0.4, -0.2) is 38.7 Å². The summed E-state index contributed by atoms with van der Waals surface area (Å²) in [7, 11) is 0. The van der Waals surface area contributed by atoms with Gasteiger partial charge in [0.1, 0.15) is 0 Å². The van der Waals surface area contributed by atoms with Crippen molar-refractivity contribution in [3.63, 3.8) is 0 Å². The number of fused-ring (bicyclic) bond motifs is 5. The van der Waals surface area contributed by atoms with Gasteiger partial charge >= 0.3 is 0 Å². The molecule has 3 atom stereocenters. The molecular formula is C21H18N4O6. The van der Waals surface area contributed by atoms with Gasteiger partial charge in [0.2, 0.25) is 0 Å². The molecular weight excluding hydrogens is 404 g/mol. The number of nitro groups is 2. The van der Waals surface area contributed by atoms with Crippen molar-refractivity contribution in [2.45, 2.75) is 18.1 Å². The van der Waals surface area contributed by atoms with Crippen LogP contribution in [0.3, 0.4) is 0 Å². The summed E-state index contributed by atoms with van der Waals surface area (Å²) in [4.78, 5) is 37.2. The fourth-order valence-corrected chi connectivity index (χ4v) is 5.11. The predicted molar refractivity (Wildman–Crippen MR) is 107 cm³/mol. The van der Waals surface area contributed by atoms with Crippen LogP contribution in [0.4, 0.5) is 5.69 Å². The van der Waals surface area contributed by atoms with Crippen LogP contribution in [0.1, 0.15) is 33.8 Å². The highest BCUT2D eigenvalue weighted by atomic mass is 16.6. The average Bonchev–Trinajstić information content (AvgIpc) is 3.01. The van der Waals surface area contributed by atoms with Crippen molar-refractivity contribution in [2.75, 3.05) is 13.1 Å². The zero-order chi connectivity index (χ0) is 21.9. The van der Waals surface area contributed by atoms with E-state index in [0.717, 1.165) is 0 Å². The van der Waals surface area contributed by atoms with E-state index < -0.39 is 27.4 Å². The number of benzene rings is 2. The molecule has 2 N–H and O–H groups in total. The van der Waals surface area contributed by atoms with Crippen LogP contribution in [0, 0.1) is 26.1 Å². The Morgan fingerprint density at radius 3 is 2.45 bits per heavy atom. The third-order valence-corrected chi connectivity index (χ3v) is 6.37. The van der Waals surface area contributed by atoms with Crippen molar-refractivity contribution in [1.82, 2.24) is 10.2 Å². The number of Topliss-reactive ketones (excluding diaryl/α,β-unsaturated/α-hetero) is 1. The lowest BCUT2D eigenvalue weighted by Crippen LogP contribution is -2.60. The molecule has 0 unspecified atom stereocenters. The highest BCUT2D eigenvalue weighted by Gasteiger charge is 2.65. The first-order chi connectivity index (χ1) is 14.9. The highest BCUT2D eigenvalue weighted by Crippen LogP contribution is 2.56. The Bertz CT molecular complexity index is 1160. The van der Waals surface area contributed by atoms with Crippen LogP contribution in [0.2, 0.25) is 0 Å². The Morgan fingerprint density at radius 1 is 1.06 bits per heavy atom. The molecule has 0 bridgehead atoms. The van der Waals surface area contributed by atoms with Crippen molar-refractivity contribution in [3.05, 3.63) is 97.0 Å². The second-order valence-electron chi connectivity index (χ2n) is 7.86. The van der Waals surface area contributed by atoms with Crippen LogP contribution >= 0.6 is 0 Å². The summed E-state index contributed by atoms with van der Waals surface area (Å²) in [6, 6.07) is 12.0. The molecule has 2 aliphatic heterocycles. The first kappa shape index (κ1) is 19.2. The van der Waals surface area contributed by atoms with Gasteiger partial charge in [0, 0.05) is 36.3 Å². The number of carbonyl (C=O) groups is 1. The Hall–Kier alpha value is -3.79. The second kappa shape index (κ2) is 6.61. The first-order valence-corrected chi connectivity index (χ1v) is 9.86. The second-order valence-corrected chi connectivity index (χ2v) is 7.86. The number of allylic oxidation sites excluding steroid dienone is 1. The number of nitro benzene ring substituents is 1. The molecule has 1 saturated heterocycles. The maximum Gasteiger partial charge on any atom is 0.294 e. The van der Waals surface area contributed by atoms with E-state index in [1.54, 1.807) is 24.3 Å². The van der Waals surface area contributed by atoms with Gasteiger partial charge in [-0.3, -0.25) is 25.0 Å². The average molecular weight is 422 g/mol. The third-order valence-electron chi connectivity index (χ3n) is 6.37. The molecule has 158 valence electrons. The smallest absolute Gasteiger partial charge is 0.294 e. The number of rotatable bonds is 3. The summed E-state index contributed by atoms with van der Waals surface area (Å²) in [5.74, 6) is -2.44. The number of non-ortho nitro benzene ring substituents is 1. The molecule has 10 nitrogen and oxygen atoms in total. The summed E-state index contributed by atoms with van der Waals surface area (Å²) >= 11 is 0. The molecule has 3 aliphatic rings. The Balaban J connectivity index is 1.78. The number of nitrogens with one attached hydrogen (secondary N) is 1. The highest BCUT2D eigenvalue weighted by molar-refractivity contribution is 6.04. The van der Waals surface area contributed by atoms with E-state index in [1.807, 2.05) is 0 Å². The molecule has 10 heteroatoms. The molecule has 0 amide bonds. The first-order valence-electron chi connectivity index (χ1n) is 9.86. The van der Waals surface area contributed by atoms with Gasteiger partial charge in [0.05, 0.1) is 21.7 Å². The summed E-state index contributed by atoms with van der Waals surface area (Å²) in [6.07, 6.45) is 0.641. The van der Waals surface area contributed by atoms with Gasteiger partial charge in [-0.1, -0.05) is 36.4 Å². The van der Waals surface area contributed by atoms with E-state index in [4.69, 9.17) is 0 Å². The molecule has 31 heavy (non-hydrogen) atoms. The van der Waals surface area contributed by atoms with Gasteiger partial charge in [-0.2, -0.15) is 0 Å². The normalized spacial score (nSPS) is 26.6. The minimum Gasteiger partial charge on any atom is -0.366 e. The third kappa shape index (κ3) is 2.51. The van der Waals surface area contributed by atoms with Crippen molar-refractivity contribution in [1.29, 1.82) is 0 Å². The molecule has 1 fully saturated rings. The summed E-state index contributed by atoms with van der Waals surface area (Å²) in [5.41, 5.74) is -1.03. The number of carbonyl (C=O) groups excluding carboxylic acids is 1. The fraction of sp³-hybridized carbons (Fsp3) is 0.286. The van der Waals surface area contributed by atoms with Crippen LogP contribution in [0.25, 0.3) is 0 Å². The van der Waals surface area contributed by atoms with Gasteiger partial charge in [-0.15, -0.1) is 0 Å². The molecule has 0 spiro atoms. The summed E-state index contributed by atoms with van der Waals surface area (Å²) in [5, 5.41) is 38.3. The quantitative estimate of drug-likeness (QED) is 0.566. The Kier molecular flexibility index (Phi) is 4.09. The molecule has 2 aromatic rings. The van der Waals surface area contributed by atoms with E-state index in [2.05, 4.69) is 5.32 Å². The molecule has 0 radical (unpaired) electrons. The molecule has 0 saturated carbocycles. The van der Waals surface area contributed by atoms with Crippen molar-refractivity contribution < 1.29 is 19.7 Å². The minimum absolute atomic E-state index is 0.163. The van der Waals surface area contributed by atoms with Crippen molar-refractivity contribution >= 4 is 11.5 Å². The molecule has 1 aliphatic carbocycles. The SMILES string of the molecule is O=C1c2ccccc2[C@]2(O)[C@H]1[C@@H](c1ccc([N+](=O)[O-])cc1)C([N+](=O)[O-])=C1NCCCN12. The standard InChI is InChI=1S/C21H18N4O6/c26-19-14-4-1-2-5-15(14)21(27)17(19)16(12-6-8-13(9-7-12)24(28)29)18(25(30)31)20-22-10-3-11-23(20)21/h1-2,4-9,16-17,22,27H,3,10-11H2/t16-,17+,21+/m1/s1. The number of hydrogen-bond donors (Lipinski definition) is 2. The lowest BCUT2D eigenvalue weighted by atomic mass is 9.73. The lowest BCUT2D eigenvalue weighted by molar-refractivity contribution is -0.439. The number of ketones is 1. The summed E-state index contributed by atoms with van der Waals surface area (Å²) in [6.45, 7) is 0.841. The van der Waals surface area contributed by atoms with Gasteiger partial charge in [0.15, 0.2) is 17.3 Å².